The van der Waals surface area contributed by atoms with Gasteiger partial charge in [-0.15, -0.1) is 0 Å². The highest BCUT2D eigenvalue weighted by molar-refractivity contribution is 5.68. The second-order valence-electron chi connectivity index (χ2n) is 6.48. The SMILES string of the molecule is Cc1ccnc(N(C)[C@@H]2CCN(C(=O)OC(C)(C)C)C2)n1. The van der Waals surface area contributed by atoms with Crippen molar-refractivity contribution in [3.05, 3.63) is 18.0 Å². The lowest BCUT2D eigenvalue weighted by Crippen LogP contribution is -2.39. The molecule has 2 rings (SSSR count). The van der Waals surface area contributed by atoms with Crippen LogP contribution < -0.4 is 4.90 Å². The Balaban J connectivity index is 1.97. The first kappa shape index (κ1) is 15.5. The lowest BCUT2D eigenvalue weighted by atomic mass is 10.2. The van der Waals surface area contributed by atoms with Crippen LogP contribution in [0.15, 0.2) is 12.3 Å². The molecule has 0 aromatic carbocycles. The van der Waals surface area contributed by atoms with E-state index >= 15 is 0 Å². The van der Waals surface area contributed by atoms with Crippen molar-refractivity contribution in [3.8, 4) is 0 Å². The number of amides is 1. The van der Waals surface area contributed by atoms with Gasteiger partial charge >= 0.3 is 6.09 Å². The largest absolute Gasteiger partial charge is 0.444 e. The molecule has 1 saturated heterocycles. The van der Waals surface area contributed by atoms with E-state index < -0.39 is 5.60 Å². The van der Waals surface area contributed by atoms with Crippen molar-refractivity contribution >= 4 is 12.0 Å². The van der Waals surface area contributed by atoms with Crippen LogP contribution in [0, 0.1) is 6.92 Å². The van der Waals surface area contributed by atoms with Crippen molar-refractivity contribution < 1.29 is 9.53 Å². The Labute approximate surface area is 126 Å². The fraction of sp³-hybridized carbons (Fsp3) is 0.667. The highest BCUT2D eigenvalue weighted by atomic mass is 16.6. The third-order valence-electron chi connectivity index (χ3n) is 3.46. The van der Waals surface area contributed by atoms with Crippen molar-refractivity contribution in [3.63, 3.8) is 0 Å². The molecule has 0 bridgehead atoms. The molecule has 1 aromatic heterocycles. The summed E-state index contributed by atoms with van der Waals surface area (Å²) in [5.74, 6) is 0.700. The van der Waals surface area contributed by atoms with Gasteiger partial charge in [0.1, 0.15) is 5.60 Å². The second-order valence-corrected chi connectivity index (χ2v) is 6.48. The minimum Gasteiger partial charge on any atom is -0.444 e. The van der Waals surface area contributed by atoms with Gasteiger partial charge in [-0.05, 0) is 40.2 Å². The average molecular weight is 292 g/mol. The zero-order chi connectivity index (χ0) is 15.6. The van der Waals surface area contributed by atoms with Crippen LogP contribution in [0.4, 0.5) is 10.7 Å². The van der Waals surface area contributed by atoms with E-state index in [4.69, 9.17) is 4.74 Å². The number of hydrogen-bond donors (Lipinski definition) is 0. The fourth-order valence-electron chi connectivity index (χ4n) is 2.32. The van der Waals surface area contributed by atoms with Crippen LogP contribution >= 0.6 is 0 Å². The van der Waals surface area contributed by atoms with Crippen molar-refractivity contribution in [2.45, 2.75) is 45.8 Å². The molecule has 2 heterocycles. The first-order valence-corrected chi connectivity index (χ1v) is 7.26. The molecule has 0 saturated carbocycles. The quantitative estimate of drug-likeness (QED) is 0.836. The summed E-state index contributed by atoms with van der Waals surface area (Å²) in [6, 6.07) is 2.10. The van der Waals surface area contributed by atoms with Crippen LogP contribution in [-0.4, -0.2) is 52.7 Å². The van der Waals surface area contributed by atoms with E-state index in [0.29, 0.717) is 19.0 Å². The minimum absolute atomic E-state index is 0.222. The summed E-state index contributed by atoms with van der Waals surface area (Å²) >= 11 is 0. The third kappa shape index (κ3) is 4.06. The van der Waals surface area contributed by atoms with E-state index in [2.05, 4.69) is 9.97 Å². The first-order valence-electron chi connectivity index (χ1n) is 7.26. The van der Waals surface area contributed by atoms with E-state index in [-0.39, 0.29) is 12.1 Å². The standard InChI is InChI=1S/C15H24N4O2/c1-11-6-8-16-13(17-11)18(5)12-7-9-19(10-12)14(20)21-15(2,3)4/h6,8,12H,7,9-10H2,1-5H3/t12-/m1/s1. The number of carbonyl (C=O) groups is 1. The Bertz CT molecular complexity index is 513. The number of nitrogens with zero attached hydrogens (tertiary/aromatic N) is 4. The van der Waals surface area contributed by atoms with Gasteiger partial charge in [0.2, 0.25) is 5.95 Å². The summed E-state index contributed by atoms with van der Waals surface area (Å²) < 4.78 is 5.41. The molecule has 1 aliphatic rings. The molecule has 21 heavy (non-hydrogen) atoms. The van der Waals surface area contributed by atoms with Gasteiger partial charge in [-0.25, -0.2) is 14.8 Å². The predicted octanol–water partition coefficient (Wildman–Crippen LogP) is 2.23. The van der Waals surface area contributed by atoms with Gasteiger partial charge in [0.15, 0.2) is 0 Å². The Morgan fingerprint density at radius 1 is 1.48 bits per heavy atom. The molecule has 0 unspecified atom stereocenters. The Kier molecular flexibility index (Phi) is 4.34. The number of aryl methyl sites for hydroxylation is 1. The van der Waals surface area contributed by atoms with E-state index in [9.17, 15) is 4.79 Å². The lowest BCUT2D eigenvalue weighted by molar-refractivity contribution is 0.0292. The van der Waals surface area contributed by atoms with Gasteiger partial charge in [-0.3, -0.25) is 0 Å². The summed E-state index contributed by atoms with van der Waals surface area (Å²) in [5.41, 5.74) is 0.481. The fourth-order valence-corrected chi connectivity index (χ4v) is 2.32. The number of likely N-dealkylation sites (tertiary alicyclic amines) is 1. The topological polar surface area (TPSA) is 58.6 Å². The van der Waals surface area contributed by atoms with E-state index in [0.717, 1.165) is 12.1 Å². The molecule has 6 nitrogen and oxygen atoms in total. The minimum atomic E-state index is -0.458. The van der Waals surface area contributed by atoms with Gasteiger partial charge in [-0.2, -0.15) is 0 Å². The monoisotopic (exact) mass is 292 g/mol. The summed E-state index contributed by atoms with van der Waals surface area (Å²) in [6.45, 7) is 8.93. The summed E-state index contributed by atoms with van der Waals surface area (Å²) in [4.78, 5) is 24.6. The lowest BCUT2D eigenvalue weighted by Gasteiger charge is -2.26. The molecule has 6 heteroatoms. The average Bonchev–Trinajstić information content (AvgIpc) is 2.85. The maximum absolute atomic E-state index is 12.1. The van der Waals surface area contributed by atoms with Crippen molar-refractivity contribution in [1.82, 2.24) is 14.9 Å². The van der Waals surface area contributed by atoms with E-state index in [1.54, 1.807) is 11.1 Å². The molecule has 1 aromatic rings. The molecule has 0 spiro atoms. The number of aromatic nitrogens is 2. The molecule has 116 valence electrons. The molecule has 1 aliphatic heterocycles. The normalized spacial score (nSPS) is 18.7. The molecule has 1 amide bonds. The first-order chi connectivity index (χ1) is 9.76. The van der Waals surface area contributed by atoms with Crippen molar-refractivity contribution in [1.29, 1.82) is 0 Å². The molecule has 0 N–H and O–H groups in total. The third-order valence-corrected chi connectivity index (χ3v) is 3.46. The van der Waals surface area contributed by atoms with Crippen LogP contribution in [-0.2, 0) is 4.74 Å². The van der Waals surface area contributed by atoms with Gasteiger partial charge in [0, 0.05) is 32.0 Å². The maximum atomic E-state index is 12.1. The van der Waals surface area contributed by atoms with Crippen LogP contribution in [0.1, 0.15) is 32.9 Å². The number of likely N-dealkylation sites (N-methyl/N-ethyl adjacent to an activating group) is 1. The number of anilines is 1. The van der Waals surface area contributed by atoms with Gasteiger partial charge < -0.3 is 14.5 Å². The van der Waals surface area contributed by atoms with Crippen molar-refractivity contribution in [2.75, 3.05) is 25.0 Å². The second kappa shape index (κ2) is 5.87. The van der Waals surface area contributed by atoms with Crippen LogP contribution in [0.2, 0.25) is 0 Å². The maximum Gasteiger partial charge on any atom is 0.410 e. The van der Waals surface area contributed by atoms with Crippen LogP contribution in [0.25, 0.3) is 0 Å². The highest BCUT2D eigenvalue weighted by Crippen LogP contribution is 2.20. The predicted molar refractivity (Wildman–Crippen MR) is 81.4 cm³/mol. The van der Waals surface area contributed by atoms with Gasteiger partial charge in [0.25, 0.3) is 0 Å². The Morgan fingerprint density at radius 3 is 2.81 bits per heavy atom. The Hall–Kier alpha value is -1.85. The zero-order valence-corrected chi connectivity index (χ0v) is 13.5. The van der Waals surface area contributed by atoms with Gasteiger partial charge in [0.05, 0.1) is 6.04 Å². The number of hydrogen-bond acceptors (Lipinski definition) is 5. The molecular weight excluding hydrogens is 268 g/mol. The van der Waals surface area contributed by atoms with Crippen molar-refractivity contribution in [2.24, 2.45) is 0 Å². The number of ether oxygens (including phenoxy) is 1. The summed E-state index contributed by atoms with van der Waals surface area (Å²) in [6.07, 6.45) is 2.41. The summed E-state index contributed by atoms with van der Waals surface area (Å²) in [5, 5.41) is 0. The highest BCUT2D eigenvalue weighted by Gasteiger charge is 2.32. The Morgan fingerprint density at radius 2 is 2.19 bits per heavy atom. The van der Waals surface area contributed by atoms with Crippen LogP contribution in [0.5, 0.6) is 0 Å². The zero-order valence-electron chi connectivity index (χ0n) is 13.5. The van der Waals surface area contributed by atoms with Crippen LogP contribution in [0.3, 0.4) is 0 Å². The molecular formula is C15H24N4O2. The molecule has 0 aliphatic carbocycles. The summed E-state index contributed by atoms with van der Waals surface area (Å²) in [7, 11) is 1.97. The van der Waals surface area contributed by atoms with Gasteiger partial charge in [-0.1, -0.05) is 0 Å². The molecule has 1 fully saturated rings. The van der Waals surface area contributed by atoms with E-state index in [1.807, 2.05) is 45.7 Å². The number of carbonyl (C=O) groups excluding carboxylic acids is 1. The molecule has 1 atom stereocenters. The van der Waals surface area contributed by atoms with E-state index in [1.165, 1.54) is 0 Å². The smallest absolute Gasteiger partial charge is 0.410 e. The number of rotatable bonds is 2. The molecule has 0 radical (unpaired) electrons.